The van der Waals surface area contributed by atoms with Gasteiger partial charge in [0.1, 0.15) is 11.4 Å². The van der Waals surface area contributed by atoms with Gasteiger partial charge in [-0.05, 0) is 39.1 Å². The lowest BCUT2D eigenvalue weighted by atomic mass is 10.0. The molecule has 1 aromatic carbocycles. The van der Waals surface area contributed by atoms with Crippen LogP contribution in [0, 0.1) is 11.6 Å². The van der Waals surface area contributed by atoms with Gasteiger partial charge in [-0.1, -0.05) is 0 Å². The number of halogens is 2. The maximum atomic E-state index is 13.9. The number of carbonyl (C=O) groups is 1. The number of nitrogens with two attached hydrogens (primary N) is 1. The Balaban J connectivity index is 2.25. The molecule has 1 fully saturated rings. The van der Waals surface area contributed by atoms with Crippen molar-refractivity contribution < 1.29 is 13.6 Å². The summed E-state index contributed by atoms with van der Waals surface area (Å²) in [5.74, 6) is -2.46. The minimum Gasteiger partial charge on any atom is -0.396 e. The van der Waals surface area contributed by atoms with E-state index < -0.39 is 23.1 Å². The average molecular weight is 283 g/mol. The van der Waals surface area contributed by atoms with Gasteiger partial charge in [0.05, 0.1) is 5.69 Å². The van der Waals surface area contributed by atoms with E-state index in [0.29, 0.717) is 13.1 Å². The molecule has 1 aliphatic rings. The Morgan fingerprint density at radius 2 is 2.10 bits per heavy atom. The van der Waals surface area contributed by atoms with Crippen LogP contribution in [0.2, 0.25) is 0 Å². The van der Waals surface area contributed by atoms with Crippen LogP contribution in [0.3, 0.4) is 0 Å². The second-order valence-corrected chi connectivity index (χ2v) is 5.34. The lowest BCUT2D eigenvalue weighted by Crippen LogP contribution is -2.47. The largest absolute Gasteiger partial charge is 0.396 e. The summed E-state index contributed by atoms with van der Waals surface area (Å²) in [6, 6.07) is 2.36. The number of nitrogens with zero attached hydrogens (tertiary/aromatic N) is 2. The molecule has 6 heteroatoms. The highest BCUT2D eigenvalue weighted by molar-refractivity contribution is 5.95. The molecule has 110 valence electrons. The van der Waals surface area contributed by atoms with Crippen LogP contribution in [0.25, 0.3) is 0 Å². The number of benzene rings is 1. The number of likely N-dealkylation sites (N-methyl/N-ethyl adjacent to an activating group) is 1. The topological polar surface area (TPSA) is 49.6 Å². The molecular formula is C14H19F2N3O. The summed E-state index contributed by atoms with van der Waals surface area (Å²) < 4.78 is 27.6. The van der Waals surface area contributed by atoms with Crippen molar-refractivity contribution in [3.63, 3.8) is 0 Å². The fourth-order valence-electron chi connectivity index (χ4n) is 2.48. The summed E-state index contributed by atoms with van der Waals surface area (Å²) in [6.07, 6.45) is 1.79. The van der Waals surface area contributed by atoms with E-state index >= 15 is 0 Å². The third kappa shape index (κ3) is 2.75. The Morgan fingerprint density at radius 3 is 2.75 bits per heavy atom. The summed E-state index contributed by atoms with van der Waals surface area (Å²) in [7, 11) is 3.86. The molecular weight excluding hydrogens is 264 g/mol. The number of likely N-dealkylation sites (tertiary alicyclic amines) is 1. The van der Waals surface area contributed by atoms with Crippen molar-refractivity contribution in [3.8, 4) is 0 Å². The van der Waals surface area contributed by atoms with Gasteiger partial charge in [0.25, 0.3) is 5.91 Å². The Hall–Kier alpha value is -1.69. The Labute approximate surface area is 117 Å². The highest BCUT2D eigenvalue weighted by atomic mass is 19.1. The first kappa shape index (κ1) is 14.7. The highest BCUT2D eigenvalue weighted by Gasteiger charge is 2.29. The van der Waals surface area contributed by atoms with Crippen molar-refractivity contribution in [1.29, 1.82) is 0 Å². The molecule has 1 heterocycles. The van der Waals surface area contributed by atoms with Crippen molar-refractivity contribution in [2.24, 2.45) is 0 Å². The van der Waals surface area contributed by atoms with Crippen molar-refractivity contribution in [1.82, 2.24) is 9.80 Å². The number of hydrogen-bond donors (Lipinski definition) is 1. The maximum absolute atomic E-state index is 13.9. The molecule has 1 atom stereocenters. The third-order valence-corrected chi connectivity index (χ3v) is 3.75. The zero-order chi connectivity index (χ0) is 14.9. The van der Waals surface area contributed by atoms with E-state index in [2.05, 4.69) is 0 Å². The lowest BCUT2D eigenvalue weighted by molar-refractivity contribution is 0.0625. The summed E-state index contributed by atoms with van der Waals surface area (Å²) >= 11 is 0. The van der Waals surface area contributed by atoms with Gasteiger partial charge in [-0.25, -0.2) is 8.78 Å². The molecule has 1 amide bonds. The number of amides is 1. The van der Waals surface area contributed by atoms with Gasteiger partial charge in [0.15, 0.2) is 5.82 Å². The van der Waals surface area contributed by atoms with Crippen LogP contribution in [0.4, 0.5) is 14.5 Å². The molecule has 1 aromatic rings. The molecule has 1 saturated heterocycles. The minimum absolute atomic E-state index is 0.208. The number of piperidine rings is 1. The maximum Gasteiger partial charge on any atom is 0.259 e. The second kappa shape index (κ2) is 5.75. The van der Waals surface area contributed by atoms with Gasteiger partial charge < -0.3 is 15.5 Å². The zero-order valence-corrected chi connectivity index (χ0v) is 11.7. The van der Waals surface area contributed by atoms with Crippen LogP contribution in [0.5, 0.6) is 0 Å². The Bertz CT molecular complexity index is 519. The lowest BCUT2D eigenvalue weighted by Gasteiger charge is -2.36. The zero-order valence-electron chi connectivity index (χ0n) is 11.7. The summed E-state index contributed by atoms with van der Waals surface area (Å²) in [6.45, 7) is 0.983. The standard InChI is InChI=1S/C14H19F2N3O/c1-18(2)9-4-3-7-19(8-9)14(20)12-10(15)5-6-11(17)13(12)16/h5-6,9H,3-4,7-8,17H2,1-2H3. The van der Waals surface area contributed by atoms with Crippen molar-refractivity contribution in [2.75, 3.05) is 32.9 Å². The first-order valence-electron chi connectivity index (χ1n) is 6.61. The molecule has 0 aliphatic carbocycles. The molecule has 0 spiro atoms. The smallest absolute Gasteiger partial charge is 0.259 e. The summed E-state index contributed by atoms with van der Waals surface area (Å²) in [5, 5.41) is 0. The molecule has 2 rings (SSSR count). The van der Waals surface area contributed by atoms with Crippen LogP contribution in [0.1, 0.15) is 23.2 Å². The van der Waals surface area contributed by atoms with Crippen LogP contribution >= 0.6 is 0 Å². The molecule has 0 saturated carbocycles. The van der Waals surface area contributed by atoms with Crippen LogP contribution in [-0.4, -0.2) is 48.9 Å². The van der Waals surface area contributed by atoms with Gasteiger partial charge in [0, 0.05) is 19.1 Å². The molecule has 2 N–H and O–H groups in total. The summed E-state index contributed by atoms with van der Waals surface area (Å²) in [5.41, 5.74) is 4.65. The molecule has 0 aromatic heterocycles. The van der Waals surface area contributed by atoms with Gasteiger partial charge >= 0.3 is 0 Å². The fraction of sp³-hybridized carbons (Fsp3) is 0.500. The summed E-state index contributed by atoms with van der Waals surface area (Å²) in [4.78, 5) is 15.8. The van der Waals surface area contributed by atoms with E-state index in [0.717, 1.165) is 25.0 Å². The van der Waals surface area contributed by atoms with E-state index in [1.807, 2.05) is 19.0 Å². The quantitative estimate of drug-likeness (QED) is 0.841. The highest BCUT2D eigenvalue weighted by Crippen LogP contribution is 2.23. The van der Waals surface area contributed by atoms with Crippen LogP contribution in [0.15, 0.2) is 12.1 Å². The van der Waals surface area contributed by atoms with Crippen LogP contribution in [-0.2, 0) is 0 Å². The van der Waals surface area contributed by atoms with Gasteiger partial charge in [-0.3, -0.25) is 4.79 Å². The van der Waals surface area contributed by atoms with Gasteiger partial charge in [-0.2, -0.15) is 0 Å². The van der Waals surface area contributed by atoms with Gasteiger partial charge in [0.2, 0.25) is 0 Å². The molecule has 20 heavy (non-hydrogen) atoms. The van der Waals surface area contributed by atoms with Gasteiger partial charge in [-0.15, -0.1) is 0 Å². The van der Waals surface area contributed by atoms with E-state index in [1.165, 1.54) is 4.90 Å². The fourth-order valence-corrected chi connectivity index (χ4v) is 2.48. The molecule has 4 nitrogen and oxygen atoms in total. The second-order valence-electron chi connectivity index (χ2n) is 5.34. The Morgan fingerprint density at radius 1 is 1.40 bits per heavy atom. The number of anilines is 1. The normalized spacial score (nSPS) is 19.4. The predicted molar refractivity (Wildman–Crippen MR) is 73.4 cm³/mol. The monoisotopic (exact) mass is 283 g/mol. The van der Waals surface area contributed by atoms with E-state index in [4.69, 9.17) is 5.73 Å². The first-order valence-corrected chi connectivity index (χ1v) is 6.61. The van der Waals surface area contributed by atoms with Crippen molar-refractivity contribution in [3.05, 3.63) is 29.3 Å². The van der Waals surface area contributed by atoms with E-state index in [1.54, 1.807) is 0 Å². The molecule has 0 radical (unpaired) electrons. The number of rotatable bonds is 2. The van der Waals surface area contributed by atoms with Crippen molar-refractivity contribution >= 4 is 11.6 Å². The van der Waals surface area contributed by atoms with E-state index in [-0.39, 0.29) is 11.7 Å². The van der Waals surface area contributed by atoms with Crippen molar-refractivity contribution in [2.45, 2.75) is 18.9 Å². The minimum atomic E-state index is -0.970. The Kier molecular flexibility index (Phi) is 4.23. The molecule has 1 aliphatic heterocycles. The number of hydrogen-bond acceptors (Lipinski definition) is 3. The first-order chi connectivity index (χ1) is 9.41. The van der Waals surface area contributed by atoms with Crippen LogP contribution < -0.4 is 5.73 Å². The predicted octanol–water partition coefficient (Wildman–Crippen LogP) is 1.71. The molecule has 0 bridgehead atoms. The third-order valence-electron chi connectivity index (χ3n) is 3.75. The number of carbonyl (C=O) groups excluding carboxylic acids is 1. The SMILES string of the molecule is CN(C)C1CCCN(C(=O)c2c(F)ccc(N)c2F)C1. The molecule has 1 unspecified atom stereocenters. The number of nitrogen functional groups attached to an aromatic ring is 1. The average Bonchev–Trinajstić information content (AvgIpc) is 2.43. The van der Waals surface area contributed by atoms with E-state index in [9.17, 15) is 13.6 Å².